The van der Waals surface area contributed by atoms with Gasteiger partial charge in [0.15, 0.2) is 11.5 Å². The molecular formula is C17H18N4O4. The minimum absolute atomic E-state index is 0.298. The highest BCUT2D eigenvalue weighted by atomic mass is 16.3. The van der Waals surface area contributed by atoms with Crippen molar-refractivity contribution in [3.05, 3.63) is 24.1 Å². The Balaban J connectivity index is 1.46. The fourth-order valence-electron chi connectivity index (χ4n) is 3.60. The first-order valence-electron chi connectivity index (χ1n) is 8.28. The summed E-state index contributed by atoms with van der Waals surface area (Å²) < 4.78 is 5.39. The van der Waals surface area contributed by atoms with Crippen LogP contribution in [-0.4, -0.2) is 39.8 Å². The molecule has 2 aliphatic rings. The second kappa shape index (κ2) is 5.58. The smallest absolute Gasteiger partial charge is 0.325 e. The monoisotopic (exact) mass is 342 g/mol. The number of aromatic nitrogens is 1. The van der Waals surface area contributed by atoms with E-state index in [-0.39, 0.29) is 12.5 Å². The van der Waals surface area contributed by atoms with Crippen molar-refractivity contribution in [2.45, 2.75) is 38.1 Å². The van der Waals surface area contributed by atoms with Crippen LogP contribution in [0.1, 0.15) is 31.6 Å². The van der Waals surface area contributed by atoms with Gasteiger partial charge in [0.25, 0.3) is 5.91 Å². The van der Waals surface area contributed by atoms with E-state index in [1.807, 2.05) is 0 Å². The van der Waals surface area contributed by atoms with Crippen molar-refractivity contribution >= 4 is 34.6 Å². The number of benzene rings is 1. The summed E-state index contributed by atoms with van der Waals surface area (Å²) >= 11 is 0. The maximum atomic E-state index is 12.5. The molecule has 0 atom stereocenters. The molecule has 8 heteroatoms. The highest BCUT2D eigenvalue weighted by molar-refractivity contribution is 6.10. The molecule has 0 bridgehead atoms. The molecule has 130 valence electrons. The Hall–Kier alpha value is -2.90. The van der Waals surface area contributed by atoms with E-state index in [1.54, 1.807) is 25.1 Å². The normalized spacial score (nSPS) is 19.0. The molecule has 1 aliphatic heterocycles. The fraction of sp³-hybridized carbons (Fsp3) is 0.412. The summed E-state index contributed by atoms with van der Waals surface area (Å²) in [6.07, 6.45) is 3.09. The molecule has 4 amide bonds. The Morgan fingerprint density at radius 2 is 2.12 bits per heavy atom. The Morgan fingerprint density at radius 3 is 2.88 bits per heavy atom. The zero-order chi connectivity index (χ0) is 17.6. The van der Waals surface area contributed by atoms with Crippen LogP contribution in [0.5, 0.6) is 0 Å². The van der Waals surface area contributed by atoms with E-state index in [2.05, 4.69) is 15.6 Å². The van der Waals surface area contributed by atoms with Crippen LogP contribution in [0, 0.1) is 6.92 Å². The molecule has 1 aromatic carbocycles. The Bertz CT molecular complexity index is 882. The number of anilines is 1. The molecule has 2 heterocycles. The summed E-state index contributed by atoms with van der Waals surface area (Å²) in [6.45, 7) is 1.44. The van der Waals surface area contributed by atoms with Crippen LogP contribution in [0.15, 0.2) is 22.6 Å². The largest absolute Gasteiger partial charge is 0.441 e. The van der Waals surface area contributed by atoms with Crippen LogP contribution >= 0.6 is 0 Å². The molecule has 2 fully saturated rings. The Labute approximate surface area is 143 Å². The van der Waals surface area contributed by atoms with Gasteiger partial charge in [0.05, 0.1) is 0 Å². The molecule has 0 radical (unpaired) electrons. The third kappa shape index (κ3) is 2.63. The molecule has 4 rings (SSSR count). The van der Waals surface area contributed by atoms with Gasteiger partial charge in [0.2, 0.25) is 5.91 Å². The van der Waals surface area contributed by atoms with E-state index in [1.165, 1.54) is 0 Å². The first kappa shape index (κ1) is 15.6. The van der Waals surface area contributed by atoms with Crippen molar-refractivity contribution in [3.63, 3.8) is 0 Å². The first-order chi connectivity index (χ1) is 12.0. The number of carbonyl (C=O) groups is 3. The lowest BCUT2D eigenvalue weighted by atomic mass is 9.98. The first-order valence-corrected chi connectivity index (χ1v) is 8.28. The van der Waals surface area contributed by atoms with E-state index in [0.29, 0.717) is 35.5 Å². The quantitative estimate of drug-likeness (QED) is 0.830. The standard InChI is InChI=1S/C17H18N4O4/c1-10-18-12-8-11(4-5-13(12)25-10)19-14(22)9-21-15(23)17(20-16(21)24)6-2-3-7-17/h4-5,8H,2-3,6-7,9H2,1H3,(H,19,22)(H,20,24). The predicted octanol–water partition coefficient (Wildman–Crippen LogP) is 1.94. The second-order valence-corrected chi connectivity index (χ2v) is 6.57. The van der Waals surface area contributed by atoms with Gasteiger partial charge in [-0.05, 0) is 31.0 Å². The van der Waals surface area contributed by atoms with E-state index in [0.717, 1.165) is 17.7 Å². The van der Waals surface area contributed by atoms with Gasteiger partial charge in [0.1, 0.15) is 17.6 Å². The molecule has 1 spiro atoms. The number of fused-ring (bicyclic) bond motifs is 1. The van der Waals surface area contributed by atoms with Gasteiger partial charge < -0.3 is 15.1 Å². The number of rotatable bonds is 3. The molecule has 2 aromatic rings. The lowest BCUT2D eigenvalue weighted by Crippen LogP contribution is -2.44. The maximum Gasteiger partial charge on any atom is 0.325 e. The summed E-state index contributed by atoms with van der Waals surface area (Å²) in [5, 5.41) is 5.46. The average Bonchev–Trinajstić information content (AvgIpc) is 3.22. The van der Waals surface area contributed by atoms with Gasteiger partial charge in [-0.1, -0.05) is 12.8 Å². The summed E-state index contributed by atoms with van der Waals surface area (Å²) in [5.74, 6) is -0.189. The molecule has 2 N–H and O–H groups in total. The fourth-order valence-corrected chi connectivity index (χ4v) is 3.60. The van der Waals surface area contributed by atoms with Gasteiger partial charge in [0, 0.05) is 12.6 Å². The van der Waals surface area contributed by atoms with Crippen LogP contribution in [-0.2, 0) is 9.59 Å². The number of hydrogen-bond donors (Lipinski definition) is 2. The number of hydrogen-bond acceptors (Lipinski definition) is 5. The number of carbonyl (C=O) groups excluding carboxylic acids is 3. The molecule has 1 aromatic heterocycles. The number of urea groups is 1. The van der Waals surface area contributed by atoms with Crippen LogP contribution in [0.4, 0.5) is 10.5 Å². The van der Waals surface area contributed by atoms with E-state index >= 15 is 0 Å². The Kier molecular flexibility index (Phi) is 3.48. The van der Waals surface area contributed by atoms with Crippen molar-refractivity contribution < 1.29 is 18.8 Å². The summed E-state index contributed by atoms with van der Waals surface area (Å²) in [5.41, 5.74) is 1.01. The highest BCUT2D eigenvalue weighted by Gasteiger charge is 2.52. The van der Waals surface area contributed by atoms with Crippen molar-refractivity contribution in [2.75, 3.05) is 11.9 Å². The molecule has 1 saturated heterocycles. The lowest BCUT2D eigenvalue weighted by Gasteiger charge is -2.19. The third-order valence-electron chi connectivity index (χ3n) is 4.78. The molecule has 1 aliphatic carbocycles. The zero-order valence-corrected chi connectivity index (χ0v) is 13.8. The predicted molar refractivity (Wildman–Crippen MR) is 88.8 cm³/mol. The minimum Gasteiger partial charge on any atom is -0.441 e. The highest BCUT2D eigenvalue weighted by Crippen LogP contribution is 2.34. The summed E-state index contributed by atoms with van der Waals surface area (Å²) in [7, 11) is 0. The number of nitrogens with one attached hydrogen (secondary N) is 2. The molecule has 1 saturated carbocycles. The van der Waals surface area contributed by atoms with Crippen molar-refractivity contribution in [2.24, 2.45) is 0 Å². The number of aryl methyl sites for hydroxylation is 1. The summed E-state index contributed by atoms with van der Waals surface area (Å²) in [6, 6.07) is 4.60. The van der Waals surface area contributed by atoms with Gasteiger partial charge >= 0.3 is 6.03 Å². The van der Waals surface area contributed by atoms with Gasteiger partial charge in [-0.3, -0.25) is 14.5 Å². The van der Waals surface area contributed by atoms with Crippen molar-refractivity contribution in [1.29, 1.82) is 0 Å². The van der Waals surface area contributed by atoms with E-state index in [9.17, 15) is 14.4 Å². The van der Waals surface area contributed by atoms with Gasteiger partial charge in [-0.15, -0.1) is 0 Å². The van der Waals surface area contributed by atoms with Crippen LogP contribution in [0.25, 0.3) is 11.1 Å². The average molecular weight is 342 g/mol. The molecule has 25 heavy (non-hydrogen) atoms. The molecule has 0 unspecified atom stereocenters. The topological polar surface area (TPSA) is 105 Å². The number of imide groups is 1. The van der Waals surface area contributed by atoms with Crippen LogP contribution < -0.4 is 10.6 Å². The molecular weight excluding hydrogens is 324 g/mol. The number of oxazole rings is 1. The Morgan fingerprint density at radius 1 is 1.36 bits per heavy atom. The van der Waals surface area contributed by atoms with Gasteiger partial charge in [-0.2, -0.15) is 0 Å². The second-order valence-electron chi connectivity index (χ2n) is 6.57. The number of nitrogens with zero attached hydrogens (tertiary/aromatic N) is 2. The van der Waals surface area contributed by atoms with Crippen molar-refractivity contribution in [1.82, 2.24) is 15.2 Å². The zero-order valence-electron chi connectivity index (χ0n) is 13.8. The SMILES string of the molecule is Cc1nc2cc(NC(=O)CN3C(=O)NC4(CCCC4)C3=O)ccc2o1. The van der Waals surface area contributed by atoms with Crippen molar-refractivity contribution in [3.8, 4) is 0 Å². The number of amides is 4. The summed E-state index contributed by atoms with van der Waals surface area (Å²) in [4.78, 5) is 42.1. The third-order valence-corrected chi connectivity index (χ3v) is 4.78. The van der Waals surface area contributed by atoms with E-state index in [4.69, 9.17) is 4.42 Å². The van der Waals surface area contributed by atoms with Gasteiger partial charge in [-0.25, -0.2) is 9.78 Å². The minimum atomic E-state index is -0.797. The molecule has 8 nitrogen and oxygen atoms in total. The van der Waals surface area contributed by atoms with E-state index < -0.39 is 17.5 Å². The maximum absolute atomic E-state index is 12.5. The van der Waals surface area contributed by atoms with Crippen LogP contribution in [0.3, 0.4) is 0 Å². The lowest BCUT2D eigenvalue weighted by molar-refractivity contribution is -0.133. The van der Waals surface area contributed by atoms with Crippen LogP contribution in [0.2, 0.25) is 0 Å².